The maximum absolute atomic E-state index is 12.8. The van der Waals surface area contributed by atoms with E-state index in [2.05, 4.69) is 4.98 Å². The number of hydrogen-bond acceptors (Lipinski definition) is 5. The summed E-state index contributed by atoms with van der Waals surface area (Å²) in [5, 5.41) is 0.447. The molecular formula is C18H21N3O4. The molecule has 1 aromatic heterocycles. The van der Waals surface area contributed by atoms with Crippen molar-refractivity contribution in [3.63, 3.8) is 0 Å². The molecule has 25 heavy (non-hydrogen) atoms. The molecule has 7 nitrogen and oxygen atoms in total. The Hall–Kier alpha value is -2.70. The van der Waals surface area contributed by atoms with E-state index in [1.54, 1.807) is 40.9 Å². The summed E-state index contributed by atoms with van der Waals surface area (Å²) in [6.45, 7) is 4.69. The number of piperidine rings is 1. The average molecular weight is 343 g/mol. The van der Waals surface area contributed by atoms with E-state index < -0.39 is 0 Å². The minimum atomic E-state index is -0.309. The summed E-state index contributed by atoms with van der Waals surface area (Å²) in [5.41, 5.74) is 0.930. The number of rotatable bonds is 3. The molecule has 1 saturated heterocycles. The van der Waals surface area contributed by atoms with E-state index in [1.165, 1.54) is 6.92 Å². The van der Waals surface area contributed by atoms with E-state index >= 15 is 0 Å². The second-order valence-electron chi connectivity index (χ2n) is 6.16. The average Bonchev–Trinajstić information content (AvgIpc) is 2.62. The molecule has 0 spiro atoms. The fourth-order valence-electron chi connectivity index (χ4n) is 3.16. The van der Waals surface area contributed by atoms with Crippen molar-refractivity contribution < 1.29 is 14.3 Å². The molecule has 1 fully saturated rings. The smallest absolute Gasteiger partial charge is 0.409 e. The lowest BCUT2D eigenvalue weighted by molar-refractivity contribution is 0.0923. The number of carbonyl (C=O) groups excluding carboxylic acids is 2. The van der Waals surface area contributed by atoms with Crippen molar-refractivity contribution in [1.29, 1.82) is 0 Å². The van der Waals surface area contributed by atoms with Crippen LogP contribution in [0.4, 0.5) is 4.79 Å². The number of aromatic nitrogens is 2. The maximum atomic E-state index is 12.8. The van der Waals surface area contributed by atoms with Gasteiger partial charge in [-0.3, -0.25) is 14.2 Å². The molecule has 1 amide bonds. The Balaban J connectivity index is 1.85. The standard InChI is InChI=1S/C18H21N3O4/c1-3-25-18(24)20-8-6-14(7-9-20)21-11-19-16-5-4-13(12(2)22)10-15(16)17(21)23/h4-5,10-11,14H,3,6-9H2,1-2H3. The first-order chi connectivity index (χ1) is 12.0. The number of ether oxygens (including phenoxy) is 1. The van der Waals surface area contributed by atoms with Crippen molar-refractivity contribution in [3.05, 3.63) is 40.4 Å². The van der Waals surface area contributed by atoms with Crippen LogP contribution in [0.3, 0.4) is 0 Å². The van der Waals surface area contributed by atoms with E-state index in [1.807, 2.05) is 0 Å². The summed E-state index contributed by atoms with van der Waals surface area (Å²) >= 11 is 0. The molecular weight excluding hydrogens is 322 g/mol. The number of amides is 1. The molecule has 0 unspecified atom stereocenters. The molecule has 0 atom stereocenters. The van der Waals surface area contributed by atoms with Gasteiger partial charge in [-0.1, -0.05) is 0 Å². The van der Waals surface area contributed by atoms with Gasteiger partial charge in [0.2, 0.25) is 0 Å². The minimum Gasteiger partial charge on any atom is -0.450 e. The fourth-order valence-corrected chi connectivity index (χ4v) is 3.16. The van der Waals surface area contributed by atoms with Crippen LogP contribution in [0.25, 0.3) is 10.9 Å². The van der Waals surface area contributed by atoms with E-state index in [0.717, 1.165) is 0 Å². The van der Waals surface area contributed by atoms with Gasteiger partial charge in [0.05, 0.1) is 23.8 Å². The third kappa shape index (κ3) is 3.40. The zero-order chi connectivity index (χ0) is 18.0. The van der Waals surface area contributed by atoms with Gasteiger partial charge < -0.3 is 9.64 Å². The summed E-state index contributed by atoms with van der Waals surface area (Å²) in [7, 11) is 0. The molecule has 0 bridgehead atoms. The van der Waals surface area contributed by atoms with Crippen molar-refractivity contribution >= 4 is 22.8 Å². The first kappa shape index (κ1) is 17.1. The van der Waals surface area contributed by atoms with Crippen molar-refractivity contribution in [2.75, 3.05) is 19.7 Å². The number of hydrogen-bond donors (Lipinski definition) is 0. The molecule has 2 heterocycles. The molecule has 3 rings (SSSR count). The minimum absolute atomic E-state index is 0.0175. The summed E-state index contributed by atoms with van der Waals surface area (Å²) < 4.78 is 6.63. The third-order valence-corrected chi connectivity index (χ3v) is 4.57. The highest BCUT2D eigenvalue weighted by molar-refractivity contribution is 5.97. The molecule has 0 radical (unpaired) electrons. The number of Topliss-reactive ketones (excluding diaryl/α,β-unsaturated/α-hetero) is 1. The van der Waals surface area contributed by atoms with Crippen molar-refractivity contribution in [2.24, 2.45) is 0 Å². The van der Waals surface area contributed by atoms with Crippen LogP contribution >= 0.6 is 0 Å². The number of likely N-dealkylation sites (tertiary alicyclic amines) is 1. The Morgan fingerprint density at radius 3 is 2.64 bits per heavy atom. The molecule has 2 aromatic rings. The van der Waals surface area contributed by atoms with Gasteiger partial charge in [-0.25, -0.2) is 9.78 Å². The third-order valence-electron chi connectivity index (χ3n) is 4.57. The van der Waals surface area contributed by atoms with Gasteiger partial charge in [-0.15, -0.1) is 0 Å². The van der Waals surface area contributed by atoms with E-state index in [9.17, 15) is 14.4 Å². The van der Waals surface area contributed by atoms with Crippen molar-refractivity contribution in [1.82, 2.24) is 14.5 Å². The van der Waals surface area contributed by atoms with Gasteiger partial charge in [0, 0.05) is 24.7 Å². The van der Waals surface area contributed by atoms with Crippen LogP contribution in [-0.2, 0) is 4.74 Å². The van der Waals surface area contributed by atoms with E-state index in [0.29, 0.717) is 49.0 Å². The SMILES string of the molecule is CCOC(=O)N1CCC(n2cnc3ccc(C(C)=O)cc3c2=O)CC1. The van der Waals surface area contributed by atoms with Gasteiger partial charge in [-0.2, -0.15) is 0 Å². The number of benzene rings is 1. The number of fused-ring (bicyclic) bond motifs is 1. The van der Waals surface area contributed by atoms with Crippen molar-refractivity contribution in [2.45, 2.75) is 32.7 Å². The molecule has 1 aliphatic rings. The lowest BCUT2D eigenvalue weighted by atomic mass is 10.0. The topological polar surface area (TPSA) is 81.5 Å². The highest BCUT2D eigenvalue weighted by Gasteiger charge is 2.25. The summed E-state index contributed by atoms with van der Waals surface area (Å²) in [6.07, 6.45) is 2.58. The maximum Gasteiger partial charge on any atom is 0.409 e. The zero-order valence-corrected chi connectivity index (χ0v) is 14.4. The molecule has 0 N–H and O–H groups in total. The molecule has 1 aliphatic heterocycles. The van der Waals surface area contributed by atoms with E-state index in [-0.39, 0.29) is 23.5 Å². The zero-order valence-electron chi connectivity index (χ0n) is 14.4. The molecule has 7 heteroatoms. The fraction of sp³-hybridized carbons (Fsp3) is 0.444. The normalized spacial score (nSPS) is 15.4. The van der Waals surface area contributed by atoms with Gasteiger partial charge in [0.1, 0.15) is 0 Å². The molecule has 0 aliphatic carbocycles. The van der Waals surface area contributed by atoms with Crippen LogP contribution in [0.5, 0.6) is 0 Å². The molecule has 132 valence electrons. The van der Waals surface area contributed by atoms with Crippen LogP contribution in [0.1, 0.15) is 43.1 Å². The van der Waals surface area contributed by atoms with Crippen LogP contribution in [0, 0.1) is 0 Å². The largest absolute Gasteiger partial charge is 0.450 e. The summed E-state index contributed by atoms with van der Waals surface area (Å²) in [6, 6.07) is 4.97. The second-order valence-corrected chi connectivity index (χ2v) is 6.16. The van der Waals surface area contributed by atoms with Gasteiger partial charge in [0.15, 0.2) is 5.78 Å². The van der Waals surface area contributed by atoms with Crippen LogP contribution < -0.4 is 5.56 Å². The highest BCUT2D eigenvalue weighted by Crippen LogP contribution is 2.22. The van der Waals surface area contributed by atoms with Crippen molar-refractivity contribution in [3.8, 4) is 0 Å². The summed E-state index contributed by atoms with van der Waals surface area (Å²) in [4.78, 5) is 42.2. The Morgan fingerprint density at radius 1 is 1.28 bits per heavy atom. The van der Waals surface area contributed by atoms with Gasteiger partial charge in [0.25, 0.3) is 5.56 Å². The number of ketones is 1. The first-order valence-corrected chi connectivity index (χ1v) is 8.44. The van der Waals surface area contributed by atoms with Crippen LogP contribution in [-0.4, -0.2) is 46.0 Å². The Kier molecular flexibility index (Phi) is 4.83. The number of nitrogens with zero attached hydrogens (tertiary/aromatic N) is 3. The second kappa shape index (κ2) is 7.04. The van der Waals surface area contributed by atoms with E-state index in [4.69, 9.17) is 4.74 Å². The Morgan fingerprint density at radius 2 is 2.00 bits per heavy atom. The van der Waals surface area contributed by atoms with Gasteiger partial charge >= 0.3 is 6.09 Å². The highest BCUT2D eigenvalue weighted by atomic mass is 16.6. The Bertz CT molecular complexity index is 866. The van der Waals surface area contributed by atoms with Crippen LogP contribution in [0.2, 0.25) is 0 Å². The predicted octanol–water partition coefficient (Wildman–Crippen LogP) is 2.39. The lowest BCUT2D eigenvalue weighted by Crippen LogP contribution is -2.41. The quantitative estimate of drug-likeness (QED) is 0.799. The number of carbonyl (C=O) groups is 2. The monoisotopic (exact) mass is 343 g/mol. The van der Waals surface area contributed by atoms with Crippen LogP contribution in [0.15, 0.2) is 29.3 Å². The summed E-state index contributed by atoms with van der Waals surface area (Å²) in [5.74, 6) is -0.0838. The molecule has 1 aromatic carbocycles. The lowest BCUT2D eigenvalue weighted by Gasteiger charge is -2.32. The molecule has 0 saturated carbocycles. The first-order valence-electron chi connectivity index (χ1n) is 8.44. The van der Waals surface area contributed by atoms with Gasteiger partial charge in [-0.05, 0) is 44.9 Å². The predicted molar refractivity (Wildman–Crippen MR) is 92.9 cm³/mol. The Labute approximate surface area is 145 Å².